The molecule has 0 aliphatic carbocycles. The lowest BCUT2D eigenvalue weighted by molar-refractivity contribution is 0.0939. The Bertz CT molecular complexity index is 981. The van der Waals surface area contributed by atoms with Crippen LogP contribution in [-0.2, 0) is 10.0 Å². The number of carbonyl (C=O) groups is 1. The highest BCUT2D eigenvalue weighted by molar-refractivity contribution is 7.92. The number of benzene rings is 2. The molecule has 0 fully saturated rings. The van der Waals surface area contributed by atoms with E-state index in [1.807, 2.05) is 13.8 Å². The van der Waals surface area contributed by atoms with E-state index in [0.717, 1.165) is 22.9 Å². The number of anilines is 1. The molecule has 1 atom stereocenters. The maximum absolute atomic E-state index is 12.7. The molecule has 0 radical (unpaired) electrons. The number of nitrogens with zero attached hydrogens (tertiary/aromatic N) is 1. The number of amides is 1. The van der Waals surface area contributed by atoms with Crippen molar-refractivity contribution in [2.24, 2.45) is 0 Å². The number of nitrogens with one attached hydrogen (secondary N) is 1. The van der Waals surface area contributed by atoms with E-state index in [-0.39, 0.29) is 11.9 Å². The number of carbonyl (C=O) groups excluding carboxylic acids is 1. The molecule has 0 spiro atoms. The molecule has 2 aromatic carbocycles. The number of aryl methyl sites for hydroxylation is 4. The molecule has 2 rings (SSSR count). The van der Waals surface area contributed by atoms with Gasteiger partial charge in [0.25, 0.3) is 5.91 Å². The first-order chi connectivity index (χ1) is 12.4. The fraction of sp³-hybridized carbons (Fsp3) is 0.381. The van der Waals surface area contributed by atoms with Crippen molar-refractivity contribution >= 4 is 21.6 Å². The van der Waals surface area contributed by atoms with Crippen molar-refractivity contribution in [3.05, 3.63) is 63.7 Å². The van der Waals surface area contributed by atoms with E-state index in [0.29, 0.717) is 11.3 Å². The zero-order chi connectivity index (χ0) is 20.5. The third-order valence-electron chi connectivity index (χ3n) is 4.99. The first-order valence-electron chi connectivity index (χ1n) is 8.85. The second kappa shape index (κ2) is 7.72. The van der Waals surface area contributed by atoms with Gasteiger partial charge in [0, 0.05) is 12.6 Å². The van der Waals surface area contributed by atoms with Gasteiger partial charge in [0.2, 0.25) is 10.0 Å². The van der Waals surface area contributed by atoms with Crippen molar-refractivity contribution in [2.45, 2.75) is 40.7 Å². The van der Waals surface area contributed by atoms with E-state index in [2.05, 4.69) is 31.3 Å². The third kappa shape index (κ3) is 4.69. The average Bonchev–Trinajstić information content (AvgIpc) is 2.56. The minimum atomic E-state index is -3.35. The fourth-order valence-electron chi connectivity index (χ4n) is 3.14. The van der Waals surface area contributed by atoms with Crippen molar-refractivity contribution in [3.8, 4) is 0 Å². The Labute approximate surface area is 162 Å². The zero-order valence-corrected chi connectivity index (χ0v) is 17.9. The second-order valence-electron chi connectivity index (χ2n) is 7.22. The Morgan fingerprint density at radius 2 is 1.56 bits per heavy atom. The van der Waals surface area contributed by atoms with Gasteiger partial charge in [-0.2, -0.15) is 0 Å². The van der Waals surface area contributed by atoms with Crippen LogP contribution < -0.4 is 9.62 Å². The molecule has 0 saturated heterocycles. The van der Waals surface area contributed by atoms with Gasteiger partial charge in [0.15, 0.2) is 0 Å². The van der Waals surface area contributed by atoms with Crippen LogP contribution in [0.15, 0.2) is 30.3 Å². The maximum Gasteiger partial charge on any atom is 0.251 e. The van der Waals surface area contributed by atoms with E-state index in [1.54, 1.807) is 25.1 Å². The summed E-state index contributed by atoms with van der Waals surface area (Å²) in [5, 5.41) is 3.04. The lowest BCUT2D eigenvalue weighted by Crippen LogP contribution is -2.28. The fourth-order valence-corrected chi connectivity index (χ4v) is 3.70. The number of rotatable bonds is 5. The highest BCUT2D eigenvalue weighted by atomic mass is 32.2. The first kappa shape index (κ1) is 21.0. The van der Waals surface area contributed by atoms with Gasteiger partial charge in [0.1, 0.15) is 0 Å². The van der Waals surface area contributed by atoms with Gasteiger partial charge in [0.05, 0.1) is 18.0 Å². The lowest BCUT2D eigenvalue weighted by atomic mass is 9.96. The largest absolute Gasteiger partial charge is 0.346 e. The second-order valence-corrected chi connectivity index (χ2v) is 9.23. The Morgan fingerprint density at radius 1 is 0.963 bits per heavy atom. The molecule has 6 heteroatoms. The van der Waals surface area contributed by atoms with Crippen molar-refractivity contribution in [1.82, 2.24) is 5.32 Å². The molecular formula is C21H28N2O3S. The van der Waals surface area contributed by atoms with E-state index < -0.39 is 10.0 Å². The Morgan fingerprint density at radius 3 is 2.11 bits per heavy atom. The monoisotopic (exact) mass is 388 g/mol. The van der Waals surface area contributed by atoms with Crippen LogP contribution in [0.5, 0.6) is 0 Å². The van der Waals surface area contributed by atoms with Crippen molar-refractivity contribution < 1.29 is 13.2 Å². The van der Waals surface area contributed by atoms with E-state index in [1.165, 1.54) is 22.5 Å². The standard InChI is InChI=1S/C21H28N2O3S/c1-13-10-15(3)19(12-14(13)2)17(5)22-21(24)18-8-9-20(16(4)11-18)23(6)27(7,25)26/h8-12,17H,1-7H3,(H,22,24). The molecule has 0 aromatic heterocycles. The van der Waals surface area contributed by atoms with Gasteiger partial charge < -0.3 is 5.32 Å². The van der Waals surface area contributed by atoms with Crippen LogP contribution in [0.25, 0.3) is 0 Å². The number of hydrogen-bond acceptors (Lipinski definition) is 3. The topological polar surface area (TPSA) is 66.5 Å². The average molecular weight is 389 g/mol. The molecule has 0 aliphatic rings. The summed E-state index contributed by atoms with van der Waals surface area (Å²) in [6, 6.07) is 9.15. The summed E-state index contributed by atoms with van der Waals surface area (Å²) in [6.07, 6.45) is 1.15. The summed E-state index contributed by atoms with van der Waals surface area (Å²) in [4.78, 5) is 12.7. The zero-order valence-electron chi connectivity index (χ0n) is 17.0. The molecule has 5 nitrogen and oxygen atoms in total. The lowest BCUT2D eigenvalue weighted by Gasteiger charge is -2.21. The van der Waals surface area contributed by atoms with Gasteiger partial charge >= 0.3 is 0 Å². The van der Waals surface area contributed by atoms with Crippen LogP contribution in [0.2, 0.25) is 0 Å². The van der Waals surface area contributed by atoms with Gasteiger partial charge in [-0.3, -0.25) is 9.10 Å². The predicted octanol–water partition coefficient (Wildman–Crippen LogP) is 3.81. The van der Waals surface area contributed by atoms with Crippen LogP contribution in [0.3, 0.4) is 0 Å². The van der Waals surface area contributed by atoms with Crippen LogP contribution in [0, 0.1) is 27.7 Å². The Kier molecular flexibility index (Phi) is 6.00. The maximum atomic E-state index is 12.7. The summed E-state index contributed by atoms with van der Waals surface area (Å²) in [6.45, 7) is 9.95. The molecule has 0 heterocycles. The Balaban J connectivity index is 2.24. The van der Waals surface area contributed by atoms with Crippen LogP contribution in [-0.4, -0.2) is 27.6 Å². The van der Waals surface area contributed by atoms with Gasteiger partial charge in [-0.05, 0) is 80.6 Å². The van der Waals surface area contributed by atoms with Crippen molar-refractivity contribution in [1.29, 1.82) is 0 Å². The summed E-state index contributed by atoms with van der Waals surface area (Å²) in [5.74, 6) is -0.184. The minimum Gasteiger partial charge on any atom is -0.346 e. The third-order valence-corrected chi connectivity index (χ3v) is 6.18. The summed E-state index contributed by atoms with van der Waals surface area (Å²) >= 11 is 0. The molecule has 1 unspecified atom stereocenters. The number of hydrogen-bond donors (Lipinski definition) is 1. The van der Waals surface area contributed by atoms with Gasteiger partial charge in [-0.15, -0.1) is 0 Å². The highest BCUT2D eigenvalue weighted by Gasteiger charge is 2.18. The highest BCUT2D eigenvalue weighted by Crippen LogP contribution is 2.24. The summed E-state index contributed by atoms with van der Waals surface area (Å²) in [7, 11) is -1.84. The smallest absolute Gasteiger partial charge is 0.251 e. The van der Waals surface area contributed by atoms with Crippen molar-refractivity contribution in [3.63, 3.8) is 0 Å². The van der Waals surface area contributed by atoms with Crippen LogP contribution >= 0.6 is 0 Å². The molecule has 146 valence electrons. The molecule has 0 saturated carbocycles. The quantitative estimate of drug-likeness (QED) is 0.847. The van der Waals surface area contributed by atoms with Gasteiger partial charge in [-0.1, -0.05) is 12.1 Å². The molecule has 2 aromatic rings. The number of sulfonamides is 1. The minimum absolute atomic E-state index is 0.129. The van der Waals surface area contributed by atoms with Crippen molar-refractivity contribution in [2.75, 3.05) is 17.6 Å². The Hall–Kier alpha value is -2.34. The normalized spacial score (nSPS) is 12.6. The van der Waals surface area contributed by atoms with Crippen LogP contribution in [0.4, 0.5) is 5.69 Å². The molecule has 0 aliphatic heterocycles. The molecule has 0 bridgehead atoms. The van der Waals surface area contributed by atoms with E-state index in [4.69, 9.17) is 0 Å². The van der Waals surface area contributed by atoms with Crippen LogP contribution in [0.1, 0.15) is 51.1 Å². The summed E-state index contributed by atoms with van der Waals surface area (Å²) in [5.41, 5.74) is 6.46. The SMILES string of the molecule is Cc1cc(C)c(C(C)NC(=O)c2ccc(N(C)S(C)(=O)=O)c(C)c2)cc1C. The first-order valence-corrected chi connectivity index (χ1v) is 10.7. The van der Waals surface area contributed by atoms with E-state index >= 15 is 0 Å². The van der Waals surface area contributed by atoms with E-state index in [9.17, 15) is 13.2 Å². The molecule has 1 N–H and O–H groups in total. The van der Waals surface area contributed by atoms with Gasteiger partial charge in [-0.25, -0.2) is 8.42 Å². The molecule has 27 heavy (non-hydrogen) atoms. The predicted molar refractivity (Wildman–Crippen MR) is 111 cm³/mol. The molecule has 1 amide bonds. The molecular weight excluding hydrogens is 360 g/mol. The summed E-state index contributed by atoms with van der Waals surface area (Å²) < 4.78 is 24.7.